The number of benzene rings is 2. The summed E-state index contributed by atoms with van der Waals surface area (Å²) in [5, 5.41) is 6.64. The van der Waals surface area contributed by atoms with Crippen molar-refractivity contribution in [3.8, 4) is 5.88 Å². The zero-order valence-corrected chi connectivity index (χ0v) is 15.1. The molecule has 0 fully saturated rings. The molecule has 26 heavy (non-hydrogen) atoms. The molecule has 0 saturated heterocycles. The van der Waals surface area contributed by atoms with Crippen LogP contribution in [0.2, 0.25) is 0 Å². The maximum Gasteiger partial charge on any atom is 0.319 e. The van der Waals surface area contributed by atoms with Gasteiger partial charge in [-0.05, 0) is 42.0 Å². The lowest BCUT2D eigenvalue weighted by Crippen LogP contribution is -2.28. The number of amides is 2. The molecule has 0 bridgehead atoms. The van der Waals surface area contributed by atoms with Gasteiger partial charge in [0, 0.05) is 43.5 Å². The summed E-state index contributed by atoms with van der Waals surface area (Å²) in [5.74, 6) is 0.566. The molecule has 0 aliphatic carbocycles. The Morgan fingerprint density at radius 3 is 2.54 bits per heavy atom. The van der Waals surface area contributed by atoms with Crippen molar-refractivity contribution in [2.24, 2.45) is 0 Å². The maximum atomic E-state index is 12.1. The maximum absolute atomic E-state index is 12.1. The highest BCUT2D eigenvalue weighted by Crippen LogP contribution is 2.20. The number of carbonyl (C=O) groups excluding carboxylic acids is 1. The quantitative estimate of drug-likeness (QED) is 0.737. The fourth-order valence-corrected chi connectivity index (χ4v) is 2.57. The van der Waals surface area contributed by atoms with E-state index in [2.05, 4.69) is 15.6 Å². The van der Waals surface area contributed by atoms with E-state index in [9.17, 15) is 4.79 Å². The van der Waals surface area contributed by atoms with Gasteiger partial charge in [0.1, 0.15) is 0 Å². The fourth-order valence-electron chi connectivity index (χ4n) is 2.57. The highest BCUT2D eigenvalue weighted by atomic mass is 16.5. The third kappa shape index (κ3) is 4.22. The van der Waals surface area contributed by atoms with Gasteiger partial charge in [-0.15, -0.1) is 0 Å². The Morgan fingerprint density at radius 2 is 1.85 bits per heavy atom. The molecule has 6 nitrogen and oxygen atoms in total. The standard InChI is InChI=1S/C20H22N4O2/c1-24(2)17-8-4-14(5-9-17)13-21-20(25)22-16-7-10-18-15(12-16)6-11-19(23-18)26-3/h4-12H,13H2,1-3H3,(H2,21,22,25). The van der Waals surface area contributed by atoms with Crippen LogP contribution in [0.25, 0.3) is 10.9 Å². The molecule has 0 radical (unpaired) electrons. The number of nitrogens with zero attached hydrogens (tertiary/aromatic N) is 2. The van der Waals surface area contributed by atoms with E-state index in [1.54, 1.807) is 13.2 Å². The van der Waals surface area contributed by atoms with Gasteiger partial charge in [0.15, 0.2) is 0 Å². The number of fused-ring (bicyclic) bond motifs is 1. The molecule has 2 aromatic carbocycles. The second-order valence-electron chi connectivity index (χ2n) is 6.13. The zero-order chi connectivity index (χ0) is 18.5. The Kier molecular flexibility index (Phi) is 5.22. The fraction of sp³-hybridized carbons (Fsp3) is 0.200. The molecule has 1 heterocycles. The monoisotopic (exact) mass is 350 g/mol. The van der Waals surface area contributed by atoms with E-state index in [-0.39, 0.29) is 6.03 Å². The number of rotatable bonds is 5. The first-order chi connectivity index (χ1) is 12.5. The van der Waals surface area contributed by atoms with Gasteiger partial charge >= 0.3 is 6.03 Å². The van der Waals surface area contributed by atoms with E-state index in [0.29, 0.717) is 18.1 Å². The minimum absolute atomic E-state index is 0.248. The number of aromatic nitrogens is 1. The second kappa shape index (κ2) is 7.74. The average molecular weight is 350 g/mol. The number of urea groups is 1. The molecule has 3 aromatic rings. The first kappa shape index (κ1) is 17.5. The summed E-state index contributed by atoms with van der Waals surface area (Å²) in [6.07, 6.45) is 0. The van der Waals surface area contributed by atoms with Crippen LogP contribution >= 0.6 is 0 Å². The van der Waals surface area contributed by atoms with Gasteiger partial charge in [-0.1, -0.05) is 12.1 Å². The van der Waals surface area contributed by atoms with Gasteiger partial charge in [0.2, 0.25) is 5.88 Å². The molecule has 6 heteroatoms. The smallest absolute Gasteiger partial charge is 0.319 e. The van der Waals surface area contributed by atoms with Crippen LogP contribution in [0.4, 0.5) is 16.2 Å². The number of pyridine rings is 1. The zero-order valence-electron chi connectivity index (χ0n) is 15.1. The molecule has 0 aliphatic heterocycles. The summed E-state index contributed by atoms with van der Waals surface area (Å²) in [6.45, 7) is 0.464. The van der Waals surface area contributed by atoms with Crippen LogP contribution in [-0.4, -0.2) is 32.2 Å². The Bertz CT molecular complexity index is 907. The van der Waals surface area contributed by atoms with Crippen molar-refractivity contribution in [2.75, 3.05) is 31.4 Å². The van der Waals surface area contributed by atoms with Crippen LogP contribution in [0.1, 0.15) is 5.56 Å². The second-order valence-corrected chi connectivity index (χ2v) is 6.13. The molecular formula is C20H22N4O2. The summed E-state index contributed by atoms with van der Waals surface area (Å²) in [6, 6.07) is 17.1. The number of methoxy groups -OCH3 is 1. The molecule has 1 aromatic heterocycles. The number of hydrogen-bond acceptors (Lipinski definition) is 4. The SMILES string of the molecule is COc1ccc2cc(NC(=O)NCc3ccc(N(C)C)cc3)ccc2n1. The van der Waals surface area contributed by atoms with Crippen molar-refractivity contribution < 1.29 is 9.53 Å². The van der Waals surface area contributed by atoms with Crippen molar-refractivity contribution >= 4 is 28.3 Å². The van der Waals surface area contributed by atoms with Crippen LogP contribution in [-0.2, 0) is 6.54 Å². The lowest BCUT2D eigenvalue weighted by atomic mass is 10.2. The molecule has 0 spiro atoms. The van der Waals surface area contributed by atoms with Gasteiger partial charge in [-0.3, -0.25) is 0 Å². The molecule has 3 rings (SSSR count). The Labute approximate surface area is 152 Å². The number of nitrogens with one attached hydrogen (secondary N) is 2. The summed E-state index contributed by atoms with van der Waals surface area (Å²) in [7, 11) is 5.58. The normalized spacial score (nSPS) is 10.4. The Hall–Kier alpha value is -3.28. The van der Waals surface area contributed by atoms with Crippen LogP contribution in [0.15, 0.2) is 54.6 Å². The van der Waals surface area contributed by atoms with E-state index in [1.165, 1.54) is 0 Å². The van der Waals surface area contributed by atoms with Crippen LogP contribution in [0.5, 0.6) is 5.88 Å². The van der Waals surface area contributed by atoms with E-state index in [4.69, 9.17) is 4.74 Å². The first-order valence-electron chi connectivity index (χ1n) is 8.31. The molecular weight excluding hydrogens is 328 g/mol. The molecule has 0 aliphatic rings. The Morgan fingerprint density at radius 1 is 1.08 bits per heavy atom. The van der Waals surface area contributed by atoms with E-state index < -0.39 is 0 Å². The highest BCUT2D eigenvalue weighted by Gasteiger charge is 2.05. The van der Waals surface area contributed by atoms with Crippen molar-refractivity contribution in [2.45, 2.75) is 6.54 Å². The topological polar surface area (TPSA) is 66.5 Å². The first-order valence-corrected chi connectivity index (χ1v) is 8.31. The minimum atomic E-state index is -0.248. The average Bonchev–Trinajstić information content (AvgIpc) is 2.66. The summed E-state index contributed by atoms with van der Waals surface area (Å²) < 4.78 is 5.12. The minimum Gasteiger partial charge on any atom is -0.481 e. The molecule has 134 valence electrons. The molecule has 0 atom stereocenters. The summed E-state index contributed by atoms with van der Waals surface area (Å²) in [4.78, 5) is 18.5. The van der Waals surface area contributed by atoms with E-state index in [0.717, 1.165) is 22.2 Å². The lowest BCUT2D eigenvalue weighted by molar-refractivity contribution is 0.251. The Balaban J connectivity index is 1.59. The van der Waals surface area contributed by atoms with E-state index in [1.807, 2.05) is 67.5 Å². The number of ether oxygens (including phenoxy) is 1. The van der Waals surface area contributed by atoms with Crippen molar-refractivity contribution in [1.82, 2.24) is 10.3 Å². The van der Waals surface area contributed by atoms with E-state index >= 15 is 0 Å². The third-order valence-corrected chi connectivity index (χ3v) is 4.04. The molecule has 2 amide bonds. The van der Waals surface area contributed by atoms with Crippen LogP contribution < -0.4 is 20.3 Å². The van der Waals surface area contributed by atoms with Crippen LogP contribution in [0, 0.1) is 0 Å². The van der Waals surface area contributed by atoms with Gasteiger partial charge in [0.05, 0.1) is 12.6 Å². The van der Waals surface area contributed by atoms with Gasteiger partial charge in [-0.2, -0.15) is 0 Å². The predicted octanol–water partition coefficient (Wildman–Crippen LogP) is 3.63. The number of carbonyl (C=O) groups is 1. The van der Waals surface area contributed by atoms with Gasteiger partial charge in [0.25, 0.3) is 0 Å². The van der Waals surface area contributed by atoms with Crippen molar-refractivity contribution in [3.63, 3.8) is 0 Å². The molecule has 2 N–H and O–H groups in total. The number of anilines is 2. The van der Waals surface area contributed by atoms with Gasteiger partial charge in [-0.25, -0.2) is 9.78 Å². The van der Waals surface area contributed by atoms with Crippen molar-refractivity contribution in [1.29, 1.82) is 0 Å². The number of hydrogen-bond donors (Lipinski definition) is 2. The third-order valence-electron chi connectivity index (χ3n) is 4.04. The summed E-state index contributed by atoms with van der Waals surface area (Å²) >= 11 is 0. The molecule has 0 saturated carbocycles. The largest absolute Gasteiger partial charge is 0.481 e. The highest BCUT2D eigenvalue weighted by molar-refractivity contribution is 5.92. The summed E-state index contributed by atoms with van der Waals surface area (Å²) in [5.41, 5.74) is 3.70. The predicted molar refractivity (Wildman–Crippen MR) is 105 cm³/mol. The van der Waals surface area contributed by atoms with Crippen LogP contribution in [0.3, 0.4) is 0 Å². The van der Waals surface area contributed by atoms with Crippen molar-refractivity contribution in [3.05, 3.63) is 60.2 Å². The van der Waals surface area contributed by atoms with Gasteiger partial charge < -0.3 is 20.3 Å². The molecule has 0 unspecified atom stereocenters. The lowest BCUT2D eigenvalue weighted by Gasteiger charge is -2.13.